The van der Waals surface area contributed by atoms with Gasteiger partial charge in [0.1, 0.15) is 11.1 Å². The van der Waals surface area contributed by atoms with Gasteiger partial charge in [-0.05, 0) is 31.9 Å². The van der Waals surface area contributed by atoms with E-state index in [1.807, 2.05) is 19.9 Å². The van der Waals surface area contributed by atoms with Gasteiger partial charge in [0.25, 0.3) is 0 Å². The van der Waals surface area contributed by atoms with Crippen LogP contribution in [0.4, 0.5) is 0 Å². The van der Waals surface area contributed by atoms with Crippen LogP contribution < -0.4 is 0 Å². The average Bonchev–Trinajstić information content (AvgIpc) is 2.66. The molecule has 0 amide bonds. The maximum Gasteiger partial charge on any atom is 0.244 e. The maximum absolute atomic E-state index is 5.85. The Hall–Kier alpha value is -1.42. The third-order valence-electron chi connectivity index (χ3n) is 2.21. The molecule has 0 saturated heterocycles. The molecule has 2 aromatic rings. The van der Waals surface area contributed by atoms with E-state index in [2.05, 4.69) is 15.1 Å². The van der Waals surface area contributed by atoms with E-state index in [0.717, 1.165) is 16.8 Å². The number of halogens is 1. The van der Waals surface area contributed by atoms with Crippen molar-refractivity contribution < 1.29 is 4.52 Å². The SMILES string of the molecule is Cc1cnc(-c2noc(C(C)Cl)n2)c(C)c1. The van der Waals surface area contributed by atoms with Gasteiger partial charge in [-0.1, -0.05) is 11.2 Å². The Labute approximate surface area is 98.7 Å². The number of pyridine rings is 1. The molecule has 84 valence electrons. The number of aromatic nitrogens is 3. The molecule has 0 aliphatic carbocycles. The number of aryl methyl sites for hydroxylation is 2. The molecule has 0 N–H and O–H groups in total. The number of alkyl halides is 1. The zero-order valence-corrected chi connectivity index (χ0v) is 10.1. The molecule has 0 aliphatic heterocycles. The lowest BCUT2D eigenvalue weighted by Gasteiger charge is -2.00. The van der Waals surface area contributed by atoms with Gasteiger partial charge in [-0.25, -0.2) is 0 Å². The van der Waals surface area contributed by atoms with Crippen LogP contribution in [0, 0.1) is 13.8 Å². The minimum Gasteiger partial charge on any atom is -0.337 e. The fraction of sp³-hybridized carbons (Fsp3) is 0.364. The highest BCUT2D eigenvalue weighted by molar-refractivity contribution is 6.20. The maximum atomic E-state index is 5.85. The van der Waals surface area contributed by atoms with Gasteiger partial charge in [-0.2, -0.15) is 4.98 Å². The first-order valence-corrected chi connectivity index (χ1v) is 5.43. The van der Waals surface area contributed by atoms with Crippen molar-refractivity contribution in [2.45, 2.75) is 26.1 Å². The topological polar surface area (TPSA) is 51.8 Å². The van der Waals surface area contributed by atoms with E-state index in [9.17, 15) is 0 Å². The molecule has 0 aromatic carbocycles. The summed E-state index contributed by atoms with van der Waals surface area (Å²) in [7, 11) is 0. The second-order valence-electron chi connectivity index (χ2n) is 3.75. The largest absolute Gasteiger partial charge is 0.337 e. The van der Waals surface area contributed by atoms with Crippen LogP contribution in [0.15, 0.2) is 16.8 Å². The Morgan fingerprint density at radius 1 is 1.38 bits per heavy atom. The highest BCUT2D eigenvalue weighted by atomic mass is 35.5. The molecule has 0 bridgehead atoms. The first-order valence-electron chi connectivity index (χ1n) is 4.99. The van der Waals surface area contributed by atoms with E-state index in [4.69, 9.17) is 16.1 Å². The van der Waals surface area contributed by atoms with Gasteiger partial charge in [0.15, 0.2) is 0 Å². The van der Waals surface area contributed by atoms with Crippen molar-refractivity contribution in [3.63, 3.8) is 0 Å². The Kier molecular flexibility index (Phi) is 2.92. The second-order valence-corrected chi connectivity index (χ2v) is 4.41. The second kappa shape index (κ2) is 4.22. The molecule has 1 unspecified atom stereocenters. The van der Waals surface area contributed by atoms with Crippen LogP contribution in [0.5, 0.6) is 0 Å². The van der Waals surface area contributed by atoms with Crippen LogP contribution in [-0.2, 0) is 0 Å². The van der Waals surface area contributed by atoms with Gasteiger partial charge in [0.2, 0.25) is 11.7 Å². The molecule has 2 rings (SSSR count). The smallest absolute Gasteiger partial charge is 0.244 e. The number of hydrogen-bond acceptors (Lipinski definition) is 4. The van der Waals surface area contributed by atoms with E-state index in [-0.39, 0.29) is 5.38 Å². The van der Waals surface area contributed by atoms with Gasteiger partial charge in [0, 0.05) is 6.20 Å². The van der Waals surface area contributed by atoms with E-state index in [1.54, 1.807) is 13.1 Å². The molecule has 0 aliphatic rings. The van der Waals surface area contributed by atoms with Crippen LogP contribution in [0.2, 0.25) is 0 Å². The van der Waals surface area contributed by atoms with E-state index < -0.39 is 0 Å². The zero-order valence-electron chi connectivity index (χ0n) is 9.36. The van der Waals surface area contributed by atoms with Crippen molar-refractivity contribution in [1.82, 2.24) is 15.1 Å². The molecule has 0 radical (unpaired) electrons. The molecule has 1 atom stereocenters. The predicted octanol–water partition coefficient (Wildman–Crippen LogP) is 3.05. The van der Waals surface area contributed by atoms with Crippen LogP contribution in [0.1, 0.15) is 29.3 Å². The summed E-state index contributed by atoms with van der Waals surface area (Å²) >= 11 is 5.85. The molecule has 0 saturated carbocycles. The van der Waals surface area contributed by atoms with Crippen molar-refractivity contribution in [3.05, 3.63) is 29.3 Å². The zero-order chi connectivity index (χ0) is 11.7. The molecule has 0 fully saturated rings. The van der Waals surface area contributed by atoms with E-state index >= 15 is 0 Å². The quantitative estimate of drug-likeness (QED) is 0.754. The summed E-state index contributed by atoms with van der Waals surface area (Å²) in [6.07, 6.45) is 1.78. The Bertz CT molecular complexity index is 508. The van der Waals surface area contributed by atoms with Gasteiger partial charge < -0.3 is 4.52 Å². The first-order chi connectivity index (χ1) is 7.58. The fourth-order valence-electron chi connectivity index (χ4n) is 1.44. The normalized spacial score (nSPS) is 12.8. The highest BCUT2D eigenvalue weighted by Crippen LogP contribution is 2.22. The van der Waals surface area contributed by atoms with Crippen molar-refractivity contribution in [2.24, 2.45) is 0 Å². The minimum absolute atomic E-state index is 0.285. The Morgan fingerprint density at radius 3 is 2.69 bits per heavy atom. The van der Waals surface area contributed by atoms with Crippen molar-refractivity contribution in [1.29, 1.82) is 0 Å². The molecule has 4 nitrogen and oxygen atoms in total. The third-order valence-corrected chi connectivity index (χ3v) is 2.40. The number of hydrogen-bond donors (Lipinski definition) is 0. The van der Waals surface area contributed by atoms with E-state index in [1.165, 1.54) is 0 Å². The van der Waals surface area contributed by atoms with Crippen molar-refractivity contribution in [2.75, 3.05) is 0 Å². The standard InChI is InChI=1S/C11H12ClN3O/c1-6-4-7(2)9(13-5-6)10-14-11(8(3)12)16-15-10/h4-5,8H,1-3H3. The average molecular weight is 238 g/mol. The summed E-state index contributed by atoms with van der Waals surface area (Å²) in [5.74, 6) is 0.901. The van der Waals surface area contributed by atoms with Crippen LogP contribution in [0.25, 0.3) is 11.5 Å². The lowest BCUT2D eigenvalue weighted by molar-refractivity contribution is 0.379. The lowest BCUT2D eigenvalue weighted by Crippen LogP contribution is -1.92. The molecule has 16 heavy (non-hydrogen) atoms. The monoisotopic (exact) mass is 237 g/mol. The summed E-state index contributed by atoms with van der Waals surface area (Å²) in [6, 6.07) is 2.03. The van der Waals surface area contributed by atoms with Crippen LogP contribution in [0.3, 0.4) is 0 Å². The van der Waals surface area contributed by atoms with E-state index in [0.29, 0.717) is 11.7 Å². The molecular weight excluding hydrogens is 226 g/mol. The van der Waals surface area contributed by atoms with Crippen molar-refractivity contribution >= 4 is 11.6 Å². The van der Waals surface area contributed by atoms with Crippen molar-refractivity contribution in [3.8, 4) is 11.5 Å². The van der Waals surface area contributed by atoms with Gasteiger partial charge in [-0.15, -0.1) is 11.6 Å². The summed E-state index contributed by atoms with van der Waals surface area (Å²) in [5, 5.41) is 3.58. The lowest BCUT2D eigenvalue weighted by atomic mass is 10.1. The summed E-state index contributed by atoms with van der Waals surface area (Å²) in [5.41, 5.74) is 2.86. The molecule has 5 heteroatoms. The minimum atomic E-state index is -0.285. The number of rotatable bonds is 2. The Morgan fingerprint density at radius 2 is 2.12 bits per heavy atom. The third kappa shape index (κ3) is 2.07. The number of nitrogens with zero attached hydrogens (tertiary/aromatic N) is 3. The summed E-state index contributed by atoms with van der Waals surface area (Å²) in [4.78, 5) is 8.49. The van der Waals surface area contributed by atoms with Gasteiger partial charge >= 0.3 is 0 Å². The summed E-state index contributed by atoms with van der Waals surface area (Å²) in [6.45, 7) is 5.75. The fourth-order valence-corrected chi connectivity index (χ4v) is 1.53. The molecule has 0 spiro atoms. The van der Waals surface area contributed by atoms with Gasteiger partial charge in [-0.3, -0.25) is 4.98 Å². The molecule has 2 heterocycles. The Balaban J connectivity index is 2.42. The van der Waals surface area contributed by atoms with Crippen LogP contribution >= 0.6 is 11.6 Å². The molecule has 2 aromatic heterocycles. The summed E-state index contributed by atoms with van der Waals surface area (Å²) < 4.78 is 5.03. The van der Waals surface area contributed by atoms with Crippen LogP contribution in [-0.4, -0.2) is 15.1 Å². The molecular formula is C11H12ClN3O. The predicted molar refractivity (Wildman–Crippen MR) is 61.3 cm³/mol. The highest BCUT2D eigenvalue weighted by Gasteiger charge is 2.15. The first kappa shape index (κ1) is 11.1. The van der Waals surface area contributed by atoms with Gasteiger partial charge in [0.05, 0.1) is 0 Å².